The van der Waals surface area contributed by atoms with Gasteiger partial charge in [-0.3, -0.25) is 4.90 Å². The summed E-state index contributed by atoms with van der Waals surface area (Å²) in [6.45, 7) is 0. The second-order valence-electron chi connectivity index (χ2n) is 8.35. The average Bonchev–Trinajstić information content (AvgIpc) is 3.05. The van der Waals surface area contributed by atoms with E-state index in [1.807, 2.05) is 30.3 Å². The number of likely N-dealkylation sites (N-methyl/N-ethyl adjacent to an activating group) is 1. The molecule has 7 heteroatoms. The van der Waals surface area contributed by atoms with Gasteiger partial charge in [0, 0.05) is 24.4 Å². The molecule has 1 saturated heterocycles. The number of aromatic hydroxyl groups is 2. The fourth-order valence-electron chi connectivity index (χ4n) is 4.53. The zero-order chi connectivity index (χ0) is 23.5. The molecule has 3 aromatic rings. The first kappa shape index (κ1) is 22.6. The molecular formula is C26H27FN2O4. The minimum Gasteiger partial charge on any atom is -0.508 e. The summed E-state index contributed by atoms with van der Waals surface area (Å²) in [6.07, 6.45) is 0.899. The summed E-state index contributed by atoms with van der Waals surface area (Å²) >= 11 is 0. The van der Waals surface area contributed by atoms with Gasteiger partial charge in [-0.05, 0) is 61.2 Å². The van der Waals surface area contributed by atoms with Crippen molar-refractivity contribution in [2.24, 2.45) is 0 Å². The van der Waals surface area contributed by atoms with Gasteiger partial charge in [-0.1, -0.05) is 30.3 Å². The number of phenols is 2. The number of nitrogens with zero attached hydrogens (tertiary/aromatic N) is 2. The average molecular weight is 451 g/mol. The van der Waals surface area contributed by atoms with Crippen LogP contribution in [0.5, 0.6) is 11.5 Å². The molecule has 0 radical (unpaired) electrons. The number of carbonyl (C=O) groups excluding carboxylic acids is 1. The highest BCUT2D eigenvalue weighted by Crippen LogP contribution is 2.44. The van der Waals surface area contributed by atoms with Crippen molar-refractivity contribution in [1.82, 2.24) is 4.90 Å². The van der Waals surface area contributed by atoms with E-state index in [4.69, 9.17) is 0 Å². The van der Waals surface area contributed by atoms with Gasteiger partial charge < -0.3 is 20.2 Å². The topological polar surface area (TPSA) is 84.2 Å². The molecule has 1 aliphatic rings. The van der Waals surface area contributed by atoms with E-state index in [9.17, 15) is 24.5 Å². The van der Waals surface area contributed by atoms with Gasteiger partial charge in [0.1, 0.15) is 17.3 Å². The number of benzene rings is 3. The lowest BCUT2D eigenvalue weighted by Gasteiger charge is -2.28. The monoisotopic (exact) mass is 450 g/mol. The van der Waals surface area contributed by atoms with Gasteiger partial charge >= 0.3 is 6.03 Å². The third kappa shape index (κ3) is 4.64. The smallest absolute Gasteiger partial charge is 0.325 e. The van der Waals surface area contributed by atoms with E-state index in [2.05, 4.69) is 0 Å². The third-order valence-electron chi connectivity index (χ3n) is 6.25. The molecular weight excluding hydrogens is 423 g/mol. The van der Waals surface area contributed by atoms with Crippen molar-refractivity contribution >= 4 is 11.7 Å². The lowest BCUT2D eigenvalue weighted by Crippen LogP contribution is -2.31. The third-order valence-corrected chi connectivity index (χ3v) is 6.25. The first-order valence-electron chi connectivity index (χ1n) is 10.9. The van der Waals surface area contributed by atoms with Crippen LogP contribution in [-0.4, -0.2) is 39.3 Å². The van der Waals surface area contributed by atoms with Crippen LogP contribution in [0.25, 0.3) is 0 Å². The molecule has 1 heterocycles. The first-order valence-corrected chi connectivity index (χ1v) is 10.9. The normalized spacial score (nSPS) is 19.2. The fourth-order valence-corrected chi connectivity index (χ4v) is 4.53. The van der Waals surface area contributed by atoms with Crippen LogP contribution >= 0.6 is 0 Å². The van der Waals surface area contributed by atoms with Crippen LogP contribution in [0.1, 0.15) is 42.5 Å². The number of hydrogen-bond donors (Lipinski definition) is 3. The van der Waals surface area contributed by atoms with Crippen LogP contribution in [0.2, 0.25) is 0 Å². The highest BCUT2D eigenvalue weighted by molar-refractivity contribution is 5.95. The molecule has 0 spiro atoms. The molecule has 4 rings (SSSR count). The second kappa shape index (κ2) is 9.50. The van der Waals surface area contributed by atoms with Gasteiger partial charge in [0.05, 0.1) is 18.2 Å². The number of aliphatic hydroxyl groups excluding tert-OH is 1. The zero-order valence-electron chi connectivity index (χ0n) is 18.3. The summed E-state index contributed by atoms with van der Waals surface area (Å²) in [4.78, 5) is 16.6. The Bertz CT molecular complexity index is 1110. The summed E-state index contributed by atoms with van der Waals surface area (Å²) in [5.74, 6) is -0.492. The fraction of sp³-hybridized carbons (Fsp3) is 0.269. The van der Waals surface area contributed by atoms with Crippen LogP contribution in [0.3, 0.4) is 0 Å². The Morgan fingerprint density at radius 3 is 2.36 bits per heavy atom. The molecule has 1 aliphatic heterocycles. The van der Waals surface area contributed by atoms with Gasteiger partial charge in [0.15, 0.2) is 0 Å². The number of anilines is 1. The minimum absolute atomic E-state index is 0.0563. The van der Waals surface area contributed by atoms with E-state index in [0.717, 1.165) is 0 Å². The predicted molar refractivity (Wildman–Crippen MR) is 124 cm³/mol. The van der Waals surface area contributed by atoms with Crippen molar-refractivity contribution in [3.8, 4) is 11.5 Å². The molecule has 0 bridgehead atoms. The van der Waals surface area contributed by atoms with Gasteiger partial charge in [0.2, 0.25) is 0 Å². The maximum Gasteiger partial charge on any atom is 0.325 e. The number of aliphatic hydroxyl groups is 1. The van der Waals surface area contributed by atoms with Crippen molar-refractivity contribution in [3.05, 3.63) is 89.7 Å². The quantitative estimate of drug-likeness (QED) is 0.466. The van der Waals surface area contributed by atoms with Crippen molar-refractivity contribution in [2.45, 2.75) is 37.5 Å². The zero-order valence-corrected chi connectivity index (χ0v) is 18.3. The molecule has 3 atom stereocenters. The van der Waals surface area contributed by atoms with Gasteiger partial charge in [-0.2, -0.15) is 0 Å². The van der Waals surface area contributed by atoms with Crippen LogP contribution in [0, 0.1) is 5.82 Å². The van der Waals surface area contributed by atoms with Crippen molar-refractivity contribution in [2.75, 3.05) is 11.9 Å². The Balaban J connectivity index is 1.59. The molecule has 1 unspecified atom stereocenters. The van der Waals surface area contributed by atoms with E-state index < -0.39 is 12.1 Å². The summed E-state index contributed by atoms with van der Waals surface area (Å²) < 4.78 is 13.2. The van der Waals surface area contributed by atoms with Crippen LogP contribution < -0.4 is 4.90 Å². The maximum atomic E-state index is 13.3. The Morgan fingerprint density at radius 2 is 1.70 bits per heavy atom. The van der Waals surface area contributed by atoms with E-state index in [-0.39, 0.29) is 29.4 Å². The molecule has 2 amide bonds. The first-order chi connectivity index (χ1) is 15.9. The number of phenolic OH excluding ortho intramolecular Hbond substituents is 2. The Kier molecular flexibility index (Phi) is 6.51. The molecule has 33 heavy (non-hydrogen) atoms. The van der Waals surface area contributed by atoms with Gasteiger partial charge in [-0.25, -0.2) is 9.18 Å². The van der Waals surface area contributed by atoms with Gasteiger partial charge in [0.25, 0.3) is 0 Å². The van der Waals surface area contributed by atoms with Crippen molar-refractivity contribution in [3.63, 3.8) is 0 Å². The van der Waals surface area contributed by atoms with Crippen molar-refractivity contribution in [1.29, 1.82) is 0 Å². The van der Waals surface area contributed by atoms with Crippen LogP contribution in [-0.2, 0) is 0 Å². The number of rotatable bonds is 7. The summed E-state index contributed by atoms with van der Waals surface area (Å²) in [7, 11) is 1.73. The number of hydrogen-bond acceptors (Lipinski definition) is 4. The molecule has 0 aromatic heterocycles. The van der Waals surface area contributed by atoms with E-state index in [0.29, 0.717) is 36.1 Å². The molecule has 3 N–H and O–H groups in total. The van der Waals surface area contributed by atoms with E-state index in [1.54, 1.807) is 35.0 Å². The highest BCUT2D eigenvalue weighted by Gasteiger charge is 2.46. The Morgan fingerprint density at radius 1 is 1.00 bits per heavy atom. The largest absolute Gasteiger partial charge is 0.508 e. The van der Waals surface area contributed by atoms with E-state index in [1.165, 1.54) is 24.3 Å². The number of urea groups is 1. The number of amides is 2. The molecule has 0 saturated carbocycles. The molecule has 3 aromatic carbocycles. The minimum atomic E-state index is -0.737. The van der Waals surface area contributed by atoms with Crippen LogP contribution in [0.4, 0.5) is 14.9 Å². The predicted octanol–water partition coefficient (Wildman–Crippen LogP) is 5.12. The Labute approximate surface area is 192 Å². The lowest BCUT2D eigenvalue weighted by molar-refractivity contribution is 0.158. The standard InChI is InChI=1S/C26H27FN2O4/c1-28-22(8-5-9-23(31)17-10-12-18(27)13-11-17)25(21-15-14-20(30)16-24(21)32)29(26(28)33)19-6-3-2-4-7-19/h2-4,6-7,10-16,22-23,25,30-32H,5,8-9H2,1H3/t22-,23?,25-/m1/s1. The summed E-state index contributed by atoms with van der Waals surface area (Å²) in [5, 5.41) is 30.9. The van der Waals surface area contributed by atoms with Crippen molar-refractivity contribution < 1.29 is 24.5 Å². The number of carbonyl (C=O) groups is 1. The lowest BCUT2D eigenvalue weighted by atomic mass is 9.92. The highest BCUT2D eigenvalue weighted by atomic mass is 19.1. The SMILES string of the molecule is CN1C(=O)N(c2ccccc2)[C@H](c2ccc(O)cc2O)[C@H]1CCCC(O)c1ccc(F)cc1. The van der Waals surface area contributed by atoms with Gasteiger partial charge in [-0.15, -0.1) is 0 Å². The molecule has 0 aliphatic carbocycles. The summed E-state index contributed by atoms with van der Waals surface area (Å²) in [5.41, 5.74) is 1.89. The molecule has 6 nitrogen and oxygen atoms in total. The number of halogens is 1. The van der Waals surface area contributed by atoms with E-state index >= 15 is 0 Å². The number of para-hydroxylation sites is 1. The molecule has 172 valence electrons. The Hall–Kier alpha value is -3.58. The van der Waals surface area contributed by atoms with Crippen LogP contribution in [0.15, 0.2) is 72.8 Å². The molecule has 1 fully saturated rings. The summed E-state index contributed by atoms with van der Waals surface area (Å²) in [6, 6.07) is 18.5. The maximum absolute atomic E-state index is 13.3. The second-order valence-corrected chi connectivity index (χ2v) is 8.35.